The van der Waals surface area contributed by atoms with Gasteiger partial charge < -0.3 is 4.57 Å². The molecule has 112 valence electrons. The molecule has 22 heavy (non-hydrogen) atoms. The van der Waals surface area contributed by atoms with Gasteiger partial charge in [0.2, 0.25) is 0 Å². The highest BCUT2D eigenvalue weighted by molar-refractivity contribution is 6.30. The topological polar surface area (TPSA) is 65.4 Å². The van der Waals surface area contributed by atoms with Crippen LogP contribution in [-0.2, 0) is 19.4 Å². The van der Waals surface area contributed by atoms with Gasteiger partial charge in [0.15, 0.2) is 5.15 Å². The zero-order valence-electron chi connectivity index (χ0n) is 12.5. The lowest BCUT2D eigenvalue weighted by molar-refractivity contribution is 0.662. The van der Waals surface area contributed by atoms with Crippen LogP contribution in [0.1, 0.15) is 42.4 Å². The van der Waals surface area contributed by atoms with Gasteiger partial charge in [-0.3, -0.25) is 0 Å². The SMILES string of the molecule is CCCCc1nc(Cl)c(CC#N)n1Cc1ccc(C#N)cc1. The molecule has 5 heteroatoms. The molecule has 0 aliphatic heterocycles. The van der Waals surface area contributed by atoms with Crippen LogP contribution in [0.25, 0.3) is 0 Å². The summed E-state index contributed by atoms with van der Waals surface area (Å²) in [6.07, 6.45) is 3.20. The summed E-state index contributed by atoms with van der Waals surface area (Å²) in [6, 6.07) is 11.7. The minimum atomic E-state index is 0.244. The van der Waals surface area contributed by atoms with Crippen molar-refractivity contribution in [2.45, 2.75) is 39.2 Å². The molecule has 0 radical (unpaired) electrons. The first-order valence-electron chi connectivity index (χ1n) is 7.29. The highest BCUT2D eigenvalue weighted by Gasteiger charge is 2.15. The summed E-state index contributed by atoms with van der Waals surface area (Å²) in [4.78, 5) is 4.42. The number of hydrogen-bond acceptors (Lipinski definition) is 3. The second kappa shape index (κ2) is 7.64. The second-order valence-electron chi connectivity index (χ2n) is 5.10. The number of halogens is 1. The summed E-state index contributed by atoms with van der Waals surface area (Å²) < 4.78 is 2.03. The first-order chi connectivity index (χ1) is 10.7. The van der Waals surface area contributed by atoms with Crippen LogP contribution in [0.15, 0.2) is 24.3 Å². The van der Waals surface area contributed by atoms with Gasteiger partial charge in [0.25, 0.3) is 0 Å². The molecule has 0 spiro atoms. The third kappa shape index (κ3) is 3.67. The van der Waals surface area contributed by atoms with Crippen molar-refractivity contribution in [3.05, 3.63) is 52.1 Å². The normalized spacial score (nSPS) is 10.2. The van der Waals surface area contributed by atoms with Gasteiger partial charge in [-0.1, -0.05) is 37.1 Å². The average molecular weight is 313 g/mol. The Bertz CT molecular complexity index is 717. The molecule has 1 aromatic heterocycles. The van der Waals surface area contributed by atoms with Crippen molar-refractivity contribution in [3.8, 4) is 12.1 Å². The molecule has 0 aliphatic rings. The van der Waals surface area contributed by atoms with Crippen molar-refractivity contribution >= 4 is 11.6 Å². The number of rotatable bonds is 6. The molecule has 0 saturated heterocycles. The predicted molar refractivity (Wildman–Crippen MR) is 85.4 cm³/mol. The van der Waals surface area contributed by atoms with E-state index < -0.39 is 0 Å². The minimum absolute atomic E-state index is 0.244. The van der Waals surface area contributed by atoms with Crippen molar-refractivity contribution < 1.29 is 0 Å². The van der Waals surface area contributed by atoms with E-state index in [9.17, 15) is 0 Å². The lowest BCUT2D eigenvalue weighted by atomic mass is 10.1. The Labute approximate surface area is 135 Å². The fourth-order valence-electron chi connectivity index (χ4n) is 2.33. The maximum absolute atomic E-state index is 9.00. The van der Waals surface area contributed by atoms with Gasteiger partial charge in [0, 0.05) is 13.0 Å². The van der Waals surface area contributed by atoms with Crippen molar-refractivity contribution in [1.29, 1.82) is 10.5 Å². The Kier molecular flexibility index (Phi) is 5.58. The molecule has 0 saturated carbocycles. The number of benzene rings is 1. The summed E-state index contributed by atoms with van der Waals surface area (Å²) >= 11 is 6.20. The molecular formula is C17H17ClN4. The number of aryl methyl sites for hydroxylation is 1. The van der Waals surface area contributed by atoms with E-state index in [0.717, 1.165) is 36.3 Å². The van der Waals surface area contributed by atoms with E-state index in [-0.39, 0.29) is 6.42 Å². The third-order valence-corrected chi connectivity index (χ3v) is 3.83. The Hall–Kier alpha value is -2.30. The molecule has 0 amide bonds. The third-order valence-electron chi connectivity index (χ3n) is 3.53. The number of hydrogen-bond donors (Lipinski definition) is 0. The van der Waals surface area contributed by atoms with Crippen LogP contribution in [0.2, 0.25) is 5.15 Å². The fraction of sp³-hybridized carbons (Fsp3) is 0.353. The molecule has 0 N–H and O–H groups in total. The highest BCUT2D eigenvalue weighted by Crippen LogP contribution is 2.21. The van der Waals surface area contributed by atoms with E-state index >= 15 is 0 Å². The van der Waals surface area contributed by atoms with Crippen molar-refractivity contribution in [1.82, 2.24) is 9.55 Å². The van der Waals surface area contributed by atoms with Crippen molar-refractivity contribution in [2.75, 3.05) is 0 Å². The average Bonchev–Trinajstić information content (AvgIpc) is 2.82. The molecule has 0 atom stereocenters. The molecule has 0 unspecified atom stereocenters. The van der Waals surface area contributed by atoms with Gasteiger partial charge in [-0.25, -0.2) is 4.98 Å². The molecule has 0 bridgehead atoms. The Morgan fingerprint density at radius 2 is 1.95 bits per heavy atom. The second-order valence-corrected chi connectivity index (χ2v) is 5.46. The van der Waals surface area contributed by atoms with E-state index in [1.54, 1.807) is 12.1 Å². The van der Waals surface area contributed by atoms with E-state index in [0.29, 0.717) is 17.3 Å². The van der Waals surface area contributed by atoms with E-state index in [1.165, 1.54) is 0 Å². The number of aromatic nitrogens is 2. The molecule has 0 aliphatic carbocycles. The largest absolute Gasteiger partial charge is 0.325 e. The minimum Gasteiger partial charge on any atom is -0.325 e. The lowest BCUT2D eigenvalue weighted by Crippen LogP contribution is -2.09. The first kappa shape index (κ1) is 16.1. The van der Waals surface area contributed by atoms with Gasteiger partial charge in [-0.15, -0.1) is 0 Å². The van der Waals surface area contributed by atoms with Crippen LogP contribution in [-0.4, -0.2) is 9.55 Å². The fourth-order valence-corrected chi connectivity index (χ4v) is 2.59. The summed E-state index contributed by atoms with van der Waals surface area (Å²) in [5.74, 6) is 0.918. The zero-order valence-corrected chi connectivity index (χ0v) is 13.3. The molecule has 0 fully saturated rings. The molecule has 2 aromatic rings. The molecule has 1 heterocycles. The summed E-state index contributed by atoms with van der Waals surface area (Å²) in [5, 5.41) is 18.3. The Morgan fingerprint density at radius 1 is 1.23 bits per heavy atom. The van der Waals surface area contributed by atoms with Crippen LogP contribution in [0.4, 0.5) is 0 Å². The van der Waals surface area contributed by atoms with Gasteiger partial charge in [-0.2, -0.15) is 10.5 Å². The van der Waals surface area contributed by atoms with Gasteiger partial charge >= 0.3 is 0 Å². The number of nitriles is 2. The smallest absolute Gasteiger partial charge is 0.151 e. The first-order valence-corrected chi connectivity index (χ1v) is 7.67. The number of unbranched alkanes of at least 4 members (excludes halogenated alkanes) is 1. The number of imidazole rings is 1. The number of nitrogens with zero attached hydrogens (tertiary/aromatic N) is 4. The molecular weight excluding hydrogens is 296 g/mol. The van der Waals surface area contributed by atoms with E-state index in [1.807, 2.05) is 16.7 Å². The summed E-state index contributed by atoms with van der Waals surface area (Å²) in [6.45, 7) is 2.74. The zero-order chi connectivity index (χ0) is 15.9. The lowest BCUT2D eigenvalue weighted by Gasteiger charge is -2.11. The quantitative estimate of drug-likeness (QED) is 0.813. The van der Waals surface area contributed by atoms with Crippen LogP contribution < -0.4 is 0 Å². The monoisotopic (exact) mass is 312 g/mol. The maximum Gasteiger partial charge on any atom is 0.151 e. The summed E-state index contributed by atoms with van der Waals surface area (Å²) in [7, 11) is 0. The van der Waals surface area contributed by atoms with Crippen LogP contribution >= 0.6 is 11.6 Å². The Balaban J connectivity index is 2.33. The van der Waals surface area contributed by atoms with Crippen molar-refractivity contribution in [2.24, 2.45) is 0 Å². The van der Waals surface area contributed by atoms with E-state index in [2.05, 4.69) is 24.0 Å². The predicted octanol–water partition coefficient (Wildman–Crippen LogP) is 3.87. The van der Waals surface area contributed by atoms with Gasteiger partial charge in [-0.05, 0) is 24.1 Å². The van der Waals surface area contributed by atoms with Crippen LogP contribution in [0, 0.1) is 22.7 Å². The molecule has 1 aromatic carbocycles. The van der Waals surface area contributed by atoms with Gasteiger partial charge in [0.05, 0.1) is 29.8 Å². The standard InChI is InChI=1S/C17H17ClN4/c1-2-3-4-16-21-17(18)15(9-10-19)22(16)12-14-7-5-13(11-20)6-8-14/h5-8H,2-4,9,12H2,1H3. The summed E-state index contributed by atoms with van der Waals surface area (Å²) in [5.41, 5.74) is 2.46. The molecule has 2 rings (SSSR count). The van der Waals surface area contributed by atoms with Gasteiger partial charge in [0.1, 0.15) is 5.82 Å². The maximum atomic E-state index is 9.00. The van der Waals surface area contributed by atoms with Crippen LogP contribution in [0.5, 0.6) is 0 Å². The van der Waals surface area contributed by atoms with Crippen LogP contribution in [0.3, 0.4) is 0 Å². The highest BCUT2D eigenvalue weighted by atomic mass is 35.5. The van der Waals surface area contributed by atoms with E-state index in [4.69, 9.17) is 22.1 Å². The molecule has 4 nitrogen and oxygen atoms in total. The Morgan fingerprint density at radius 3 is 2.55 bits per heavy atom. The van der Waals surface area contributed by atoms with Crippen molar-refractivity contribution in [3.63, 3.8) is 0 Å².